The molecule has 2 heterocycles. The fraction of sp³-hybridized carbons (Fsp3) is 0.692. The zero-order valence-corrected chi connectivity index (χ0v) is 11.7. The van der Waals surface area contributed by atoms with Gasteiger partial charge in [-0.05, 0) is 20.8 Å². The normalized spacial score (nSPS) is 19.4. The quantitative estimate of drug-likeness (QED) is 0.814. The Bertz CT molecular complexity index is 450. The third-order valence-electron chi connectivity index (χ3n) is 3.29. The number of morpholine rings is 1. The molecule has 1 unspecified atom stereocenters. The third-order valence-corrected chi connectivity index (χ3v) is 3.29. The average molecular weight is 267 g/mol. The highest BCUT2D eigenvalue weighted by Gasteiger charge is 2.23. The van der Waals surface area contributed by atoms with Crippen LogP contribution in [-0.2, 0) is 20.8 Å². The summed E-state index contributed by atoms with van der Waals surface area (Å²) < 4.78 is 12.1. The molecule has 0 bridgehead atoms. The summed E-state index contributed by atoms with van der Waals surface area (Å²) in [6, 6.07) is 0.157. The lowest BCUT2D eigenvalue weighted by Crippen LogP contribution is -2.35. The average Bonchev–Trinajstić information content (AvgIpc) is 2.66. The summed E-state index contributed by atoms with van der Waals surface area (Å²) in [7, 11) is 0. The first kappa shape index (κ1) is 14.0. The number of hydrogen-bond acceptors (Lipinski definition) is 5. The van der Waals surface area contributed by atoms with Crippen molar-refractivity contribution in [2.24, 2.45) is 0 Å². The van der Waals surface area contributed by atoms with Crippen LogP contribution < -0.4 is 5.32 Å². The maximum Gasteiger partial charge on any atom is 0.327 e. The van der Waals surface area contributed by atoms with E-state index in [-0.39, 0.29) is 18.6 Å². The number of carbonyl (C=O) groups is 1. The predicted molar refractivity (Wildman–Crippen MR) is 69.9 cm³/mol. The van der Waals surface area contributed by atoms with Gasteiger partial charge in [0.25, 0.3) is 0 Å². The van der Waals surface area contributed by atoms with Crippen molar-refractivity contribution in [2.75, 3.05) is 26.4 Å². The van der Waals surface area contributed by atoms with Crippen molar-refractivity contribution in [3.63, 3.8) is 0 Å². The highest BCUT2D eigenvalue weighted by molar-refractivity contribution is 5.69. The Morgan fingerprint density at radius 3 is 3.00 bits per heavy atom. The molecule has 1 saturated heterocycles. The number of carbonyl (C=O) groups excluding carboxylic acids is 1. The molecule has 6 nitrogen and oxygen atoms in total. The molecular formula is C13H21N3O3. The van der Waals surface area contributed by atoms with Crippen LogP contribution in [0.5, 0.6) is 0 Å². The lowest BCUT2D eigenvalue weighted by molar-refractivity contribution is -0.144. The number of ether oxygens (including phenoxy) is 2. The van der Waals surface area contributed by atoms with Crippen LogP contribution in [0.4, 0.5) is 0 Å². The first-order valence-electron chi connectivity index (χ1n) is 6.64. The number of nitrogens with zero attached hydrogens (tertiary/aromatic N) is 2. The highest BCUT2D eigenvalue weighted by Crippen LogP contribution is 2.23. The smallest absolute Gasteiger partial charge is 0.327 e. The van der Waals surface area contributed by atoms with Crippen molar-refractivity contribution in [1.82, 2.24) is 15.1 Å². The molecular weight excluding hydrogens is 246 g/mol. The highest BCUT2D eigenvalue weighted by atomic mass is 16.5. The minimum absolute atomic E-state index is 0.157. The molecule has 1 fully saturated rings. The van der Waals surface area contributed by atoms with Gasteiger partial charge in [0, 0.05) is 17.8 Å². The molecule has 1 aliphatic heterocycles. The van der Waals surface area contributed by atoms with Crippen LogP contribution in [0.15, 0.2) is 0 Å². The summed E-state index contributed by atoms with van der Waals surface area (Å²) >= 11 is 0. The van der Waals surface area contributed by atoms with Crippen molar-refractivity contribution >= 4 is 5.97 Å². The second kappa shape index (κ2) is 6.16. The SMILES string of the molecule is CCOC(=O)Cn1nc(C)c(C2COCCN2)c1C. The van der Waals surface area contributed by atoms with Crippen LogP contribution in [0.3, 0.4) is 0 Å². The summed E-state index contributed by atoms with van der Waals surface area (Å²) in [5, 5.41) is 7.84. The number of hydrogen-bond donors (Lipinski definition) is 1. The molecule has 19 heavy (non-hydrogen) atoms. The van der Waals surface area contributed by atoms with Gasteiger partial charge in [-0.1, -0.05) is 0 Å². The first-order chi connectivity index (χ1) is 9.13. The number of nitrogens with one attached hydrogen (secondary N) is 1. The second-order valence-corrected chi connectivity index (χ2v) is 4.63. The molecule has 1 aliphatic rings. The van der Waals surface area contributed by atoms with E-state index < -0.39 is 0 Å². The first-order valence-corrected chi connectivity index (χ1v) is 6.64. The molecule has 2 rings (SSSR count). The van der Waals surface area contributed by atoms with Gasteiger partial charge in [0.2, 0.25) is 0 Å². The summed E-state index contributed by atoms with van der Waals surface area (Å²) in [6.07, 6.45) is 0. The summed E-state index contributed by atoms with van der Waals surface area (Å²) in [4.78, 5) is 11.5. The van der Waals surface area contributed by atoms with Gasteiger partial charge in [0.1, 0.15) is 6.54 Å². The summed E-state index contributed by atoms with van der Waals surface area (Å²) in [6.45, 7) is 8.51. The van der Waals surface area contributed by atoms with Gasteiger partial charge in [-0.25, -0.2) is 0 Å². The molecule has 0 saturated carbocycles. The minimum Gasteiger partial charge on any atom is -0.465 e. The largest absolute Gasteiger partial charge is 0.465 e. The Kier molecular flexibility index (Phi) is 4.55. The van der Waals surface area contributed by atoms with Gasteiger partial charge in [0.05, 0.1) is 31.6 Å². The van der Waals surface area contributed by atoms with Crippen molar-refractivity contribution in [2.45, 2.75) is 33.4 Å². The van der Waals surface area contributed by atoms with E-state index in [2.05, 4.69) is 10.4 Å². The van der Waals surface area contributed by atoms with Gasteiger partial charge in [-0.15, -0.1) is 0 Å². The fourth-order valence-corrected chi connectivity index (χ4v) is 2.45. The molecule has 1 aromatic heterocycles. The zero-order valence-electron chi connectivity index (χ0n) is 11.7. The van der Waals surface area contributed by atoms with E-state index in [0.717, 1.165) is 30.1 Å². The van der Waals surface area contributed by atoms with Crippen molar-refractivity contribution in [3.05, 3.63) is 17.0 Å². The minimum atomic E-state index is -0.257. The second-order valence-electron chi connectivity index (χ2n) is 4.63. The molecule has 0 aromatic carbocycles. The van der Waals surface area contributed by atoms with E-state index in [9.17, 15) is 4.79 Å². The zero-order chi connectivity index (χ0) is 13.8. The number of aromatic nitrogens is 2. The van der Waals surface area contributed by atoms with E-state index in [1.165, 1.54) is 0 Å². The predicted octanol–water partition coefficient (Wildman–Crippen LogP) is 0.724. The molecule has 0 aliphatic carbocycles. The Morgan fingerprint density at radius 2 is 2.37 bits per heavy atom. The lowest BCUT2D eigenvalue weighted by Gasteiger charge is -2.24. The van der Waals surface area contributed by atoms with Crippen molar-refractivity contribution in [3.8, 4) is 0 Å². The molecule has 6 heteroatoms. The third kappa shape index (κ3) is 3.13. The maximum absolute atomic E-state index is 11.5. The van der Waals surface area contributed by atoms with Gasteiger partial charge < -0.3 is 14.8 Å². The number of esters is 1. The molecule has 1 atom stereocenters. The van der Waals surface area contributed by atoms with Gasteiger partial charge in [0.15, 0.2) is 0 Å². The molecule has 0 spiro atoms. The Morgan fingerprint density at radius 1 is 1.58 bits per heavy atom. The van der Waals surface area contributed by atoms with Crippen LogP contribution in [0.25, 0.3) is 0 Å². The summed E-state index contributed by atoms with van der Waals surface area (Å²) in [5.41, 5.74) is 3.06. The van der Waals surface area contributed by atoms with Crippen LogP contribution in [0.2, 0.25) is 0 Å². The monoisotopic (exact) mass is 267 g/mol. The van der Waals surface area contributed by atoms with E-state index in [1.807, 2.05) is 13.8 Å². The van der Waals surface area contributed by atoms with E-state index in [1.54, 1.807) is 11.6 Å². The van der Waals surface area contributed by atoms with Gasteiger partial charge >= 0.3 is 5.97 Å². The van der Waals surface area contributed by atoms with Gasteiger partial charge in [-0.2, -0.15) is 5.10 Å². The van der Waals surface area contributed by atoms with E-state index in [4.69, 9.17) is 9.47 Å². The number of aryl methyl sites for hydroxylation is 1. The van der Waals surface area contributed by atoms with Crippen LogP contribution >= 0.6 is 0 Å². The molecule has 106 valence electrons. The Balaban J connectivity index is 2.16. The lowest BCUT2D eigenvalue weighted by atomic mass is 10.0. The number of rotatable bonds is 4. The molecule has 1 aromatic rings. The van der Waals surface area contributed by atoms with Crippen LogP contribution in [-0.4, -0.2) is 42.1 Å². The summed E-state index contributed by atoms with van der Waals surface area (Å²) in [5.74, 6) is -0.257. The maximum atomic E-state index is 11.5. The van der Waals surface area contributed by atoms with Crippen LogP contribution in [0.1, 0.15) is 29.9 Å². The molecule has 1 N–H and O–H groups in total. The topological polar surface area (TPSA) is 65.4 Å². The fourth-order valence-electron chi connectivity index (χ4n) is 2.45. The Labute approximate surface area is 113 Å². The van der Waals surface area contributed by atoms with E-state index >= 15 is 0 Å². The van der Waals surface area contributed by atoms with Crippen LogP contribution in [0, 0.1) is 13.8 Å². The molecule has 0 amide bonds. The van der Waals surface area contributed by atoms with Gasteiger partial charge in [-0.3, -0.25) is 9.48 Å². The standard InChI is InChI=1S/C13H21N3O3/c1-4-19-12(17)7-16-10(3)13(9(2)15-16)11-8-18-6-5-14-11/h11,14H,4-8H2,1-3H3. The molecule has 0 radical (unpaired) electrons. The Hall–Kier alpha value is -1.40. The van der Waals surface area contributed by atoms with E-state index in [0.29, 0.717) is 13.2 Å². The van der Waals surface area contributed by atoms with Crippen molar-refractivity contribution < 1.29 is 14.3 Å². The van der Waals surface area contributed by atoms with Crippen molar-refractivity contribution in [1.29, 1.82) is 0 Å².